The van der Waals surface area contributed by atoms with Crippen molar-refractivity contribution in [3.8, 4) is 0 Å². The lowest BCUT2D eigenvalue weighted by Gasteiger charge is -2.34. The summed E-state index contributed by atoms with van der Waals surface area (Å²) in [5.41, 5.74) is 1.35. The monoisotopic (exact) mass is 279 g/mol. The summed E-state index contributed by atoms with van der Waals surface area (Å²) in [4.78, 5) is 13.1. The molecule has 1 fully saturated rings. The van der Waals surface area contributed by atoms with E-state index in [1.165, 1.54) is 0 Å². The predicted octanol–water partition coefficient (Wildman–Crippen LogP) is 2.24. The third-order valence-corrected chi connectivity index (χ3v) is 3.86. The minimum atomic E-state index is -0.323. The van der Waals surface area contributed by atoms with Gasteiger partial charge in [0, 0.05) is 26.7 Å². The molecule has 2 rings (SSSR count). The molecule has 0 aliphatic carbocycles. The highest BCUT2D eigenvalue weighted by Crippen LogP contribution is 2.37. The van der Waals surface area contributed by atoms with Crippen molar-refractivity contribution in [3.63, 3.8) is 0 Å². The van der Waals surface area contributed by atoms with Crippen molar-refractivity contribution in [3.05, 3.63) is 28.3 Å². The zero-order chi connectivity index (χ0) is 14.5. The summed E-state index contributed by atoms with van der Waals surface area (Å²) >= 11 is 0. The van der Waals surface area contributed by atoms with Crippen LogP contribution in [0.25, 0.3) is 0 Å². The summed E-state index contributed by atoms with van der Waals surface area (Å²) in [5.74, 6) is 0.409. The summed E-state index contributed by atoms with van der Waals surface area (Å²) < 4.78 is 0. The predicted molar refractivity (Wildman–Crippen MR) is 79.3 cm³/mol. The van der Waals surface area contributed by atoms with Gasteiger partial charge in [-0.1, -0.05) is 6.07 Å². The highest BCUT2D eigenvalue weighted by atomic mass is 16.6. The Hall–Kier alpha value is -1.82. The molecule has 0 bridgehead atoms. The van der Waals surface area contributed by atoms with Crippen molar-refractivity contribution < 1.29 is 10.0 Å². The number of aliphatic hydroxyl groups excluding tert-OH is 1. The first-order valence-electron chi connectivity index (χ1n) is 6.98. The van der Waals surface area contributed by atoms with Crippen LogP contribution in [0.1, 0.15) is 19.3 Å². The molecular weight excluding hydrogens is 258 g/mol. The molecule has 0 aromatic heterocycles. The molecule has 1 atom stereocenters. The maximum absolute atomic E-state index is 11.4. The van der Waals surface area contributed by atoms with E-state index in [-0.39, 0.29) is 17.2 Å². The van der Waals surface area contributed by atoms with Gasteiger partial charge in [-0.2, -0.15) is 0 Å². The van der Waals surface area contributed by atoms with Crippen LogP contribution in [0.2, 0.25) is 0 Å². The summed E-state index contributed by atoms with van der Waals surface area (Å²) in [6.45, 7) is 1.78. The van der Waals surface area contributed by atoms with E-state index in [9.17, 15) is 10.1 Å². The smallest absolute Gasteiger partial charge is 0.315 e. The fourth-order valence-corrected chi connectivity index (χ4v) is 2.88. The molecule has 1 aromatic carbocycles. The number of benzene rings is 1. The molecule has 6 heteroatoms. The molecule has 0 amide bonds. The van der Waals surface area contributed by atoms with Crippen molar-refractivity contribution in [2.45, 2.75) is 19.3 Å². The van der Waals surface area contributed by atoms with E-state index in [1.807, 2.05) is 6.07 Å². The number of nitrogens with zero attached hydrogens (tertiary/aromatic N) is 2. The Labute approximate surface area is 118 Å². The first kappa shape index (κ1) is 14.6. The summed E-state index contributed by atoms with van der Waals surface area (Å²) in [6.07, 6.45) is 2.85. The molecule has 1 aliphatic heterocycles. The van der Waals surface area contributed by atoms with Gasteiger partial charge in [-0.25, -0.2) is 0 Å². The van der Waals surface area contributed by atoms with Crippen molar-refractivity contribution >= 4 is 17.1 Å². The standard InChI is InChI=1S/C14H21N3O3/c1-15-12-5-2-6-13(14(12)17(19)20)16-8-3-4-11(10-16)7-9-18/h2,5-6,11,15,18H,3-4,7-10H2,1H3. The maximum Gasteiger partial charge on any atom is 0.315 e. The summed E-state index contributed by atoms with van der Waals surface area (Å²) in [5, 5.41) is 23.3. The van der Waals surface area contributed by atoms with E-state index >= 15 is 0 Å². The molecule has 2 N–H and O–H groups in total. The number of para-hydroxylation sites is 1. The molecule has 1 heterocycles. The minimum absolute atomic E-state index is 0.139. The Morgan fingerprint density at radius 1 is 1.55 bits per heavy atom. The van der Waals surface area contributed by atoms with Crippen molar-refractivity contribution in [1.82, 2.24) is 0 Å². The van der Waals surface area contributed by atoms with Gasteiger partial charge in [0.05, 0.1) is 4.92 Å². The zero-order valence-corrected chi connectivity index (χ0v) is 11.7. The number of rotatable bonds is 5. The topological polar surface area (TPSA) is 78.6 Å². The van der Waals surface area contributed by atoms with Crippen LogP contribution in [0.3, 0.4) is 0 Å². The lowest BCUT2D eigenvalue weighted by atomic mass is 9.94. The van der Waals surface area contributed by atoms with E-state index in [0.717, 1.165) is 32.4 Å². The third kappa shape index (κ3) is 3.01. The molecule has 0 spiro atoms. The van der Waals surface area contributed by atoms with Crippen molar-refractivity contribution in [1.29, 1.82) is 0 Å². The number of anilines is 2. The van der Waals surface area contributed by atoms with Gasteiger partial charge in [0.2, 0.25) is 0 Å². The second kappa shape index (κ2) is 6.56. The zero-order valence-electron chi connectivity index (χ0n) is 11.7. The Bertz CT molecular complexity index is 477. The summed E-state index contributed by atoms with van der Waals surface area (Å²) in [6, 6.07) is 5.36. The van der Waals surface area contributed by atoms with Crippen LogP contribution in [0.5, 0.6) is 0 Å². The number of hydrogen-bond acceptors (Lipinski definition) is 5. The number of piperidine rings is 1. The van der Waals surface area contributed by atoms with E-state index < -0.39 is 0 Å². The molecule has 1 aliphatic rings. The Morgan fingerprint density at radius 3 is 3.00 bits per heavy atom. The second-order valence-electron chi connectivity index (χ2n) is 5.15. The van der Waals surface area contributed by atoms with Gasteiger partial charge in [-0.3, -0.25) is 10.1 Å². The van der Waals surface area contributed by atoms with E-state index in [2.05, 4.69) is 10.2 Å². The number of hydrogen-bond donors (Lipinski definition) is 2. The van der Waals surface area contributed by atoms with Gasteiger partial charge in [-0.05, 0) is 37.3 Å². The number of nitro groups is 1. The molecule has 1 aromatic rings. The van der Waals surface area contributed by atoms with Crippen LogP contribution in [0.4, 0.5) is 17.1 Å². The van der Waals surface area contributed by atoms with E-state index in [1.54, 1.807) is 19.2 Å². The molecule has 20 heavy (non-hydrogen) atoms. The lowest BCUT2D eigenvalue weighted by molar-refractivity contribution is -0.383. The molecule has 6 nitrogen and oxygen atoms in total. The first-order chi connectivity index (χ1) is 9.67. The van der Waals surface area contributed by atoms with E-state index in [4.69, 9.17) is 5.11 Å². The molecule has 0 saturated carbocycles. The fraction of sp³-hybridized carbons (Fsp3) is 0.571. The maximum atomic E-state index is 11.4. The quantitative estimate of drug-likeness (QED) is 0.638. The van der Waals surface area contributed by atoms with Gasteiger partial charge < -0.3 is 15.3 Å². The Morgan fingerprint density at radius 2 is 2.35 bits per heavy atom. The molecule has 0 radical (unpaired) electrons. The van der Waals surface area contributed by atoms with Gasteiger partial charge in [0.1, 0.15) is 11.4 Å². The lowest BCUT2D eigenvalue weighted by Crippen LogP contribution is -2.36. The van der Waals surface area contributed by atoms with Crippen LogP contribution in [-0.2, 0) is 0 Å². The largest absolute Gasteiger partial charge is 0.396 e. The fourth-order valence-electron chi connectivity index (χ4n) is 2.88. The van der Waals surface area contributed by atoms with Crippen molar-refractivity contribution in [2.24, 2.45) is 5.92 Å². The third-order valence-electron chi connectivity index (χ3n) is 3.86. The normalized spacial score (nSPS) is 18.9. The first-order valence-corrected chi connectivity index (χ1v) is 6.98. The van der Waals surface area contributed by atoms with Gasteiger partial charge in [0.25, 0.3) is 0 Å². The van der Waals surface area contributed by atoms with Crippen LogP contribution >= 0.6 is 0 Å². The average molecular weight is 279 g/mol. The Balaban J connectivity index is 2.29. The SMILES string of the molecule is CNc1cccc(N2CCCC(CCO)C2)c1[N+](=O)[O-]. The van der Waals surface area contributed by atoms with Gasteiger partial charge in [-0.15, -0.1) is 0 Å². The minimum Gasteiger partial charge on any atom is -0.396 e. The highest BCUT2D eigenvalue weighted by molar-refractivity contribution is 5.77. The molecule has 1 unspecified atom stereocenters. The average Bonchev–Trinajstić information content (AvgIpc) is 2.47. The number of nitrogens with one attached hydrogen (secondary N) is 1. The van der Waals surface area contributed by atoms with Crippen LogP contribution in [-0.4, -0.2) is 36.8 Å². The number of aliphatic hydroxyl groups is 1. The van der Waals surface area contributed by atoms with Crippen LogP contribution in [0.15, 0.2) is 18.2 Å². The van der Waals surface area contributed by atoms with Crippen molar-refractivity contribution in [2.75, 3.05) is 37.0 Å². The number of nitro benzene ring substituents is 1. The highest BCUT2D eigenvalue weighted by Gasteiger charge is 2.27. The molecule has 110 valence electrons. The molecular formula is C14H21N3O3. The van der Waals surface area contributed by atoms with Crippen LogP contribution in [0, 0.1) is 16.0 Å². The van der Waals surface area contributed by atoms with Gasteiger partial charge >= 0.3 is 5.69 Å². The summed E-state index contributed by atoms with van der Waals surface area (Å²) in [7, 11) is 1.69. The Kier molecular flexibility index (Phi) is 4.79. The van der Waals surface area contributed by atoms with Gasteiger partial charge in [0.15, 0.2) is 0 Å². The van der Waals surface area contributed by atoms with E-state index in [0.29, 0.717) is 17.3 Å². The van der Waals surface area contributed by atoms with Crippen LogP contribution < -0.4 is 10.2 Å². The molecule has 1 saturated heterocycles. The second-order valence-corrected chi connectivity index (χ2v) is 5.15.